The van der Waals surface area contributed by atoms with Crippen LogP contribution >= 0.6 is 0 Å². The molecule has 0 saturated carbocycles. The Labute approximate surface area is 110 Å². The molecule has 100 valence electrons. The second-order valence-corrected chi connectivity index (χ2v) is 5.09. The van der Waals surface area contributed by atoms with Crippen molar-refractivity contribution in [2.45, 2.75) is 32.0 Å². The molecule has 0 atom stereocenters. The number of nitrogens with one attached hydrogen (secondary N) is 1. The van der Waals surface area contributed by atoms with E-state index in [0.29, 0.717) is 12.6 Å². The van der Waals surface area contributed by atoms with Gasteiger partial charge in [0.1, 0.15) is 0 Å². The SMILES string of the molecule is CNC1CCN(Cc2cccc(COC)c2)CC1. The van der Waals surface area contributed by atoms with Gasteiger partial charge in [-0.15, -0.1) is 0 Å². The lowest BCUT2D eigenvalue weighted by Crippen LogP contribution is -2.40. The lowest BCUT2D eigenvalue weighted by atomic mass is 10.0. The molecule has 1 aliphatic rings. The van der Waals surface area contributed by atoms with Crippen molar-refractivity contribution in [2.24, 2.45) is 0 Å². The van der Waals surface area contributed by atoms with E-state index in [1.54, 1.807) is 7.11 Å². The van der Waals surface area contributed by atoms with Crippen LogP contribution in [0, 0.1) is 0 Å². The lowest BCUT2D eigenvalue weighted by Gasteiger charge is -2.31. The van der Waals surface area contributed by atoms with E-state index in [0.717, 1.165) is 6.54 Å². The molecule has 0 amide bonds. The average Bonchev–Trinajstić information content (AvgIpc) is 2.40. The smallest absolute Gasteiger partial charge is 0.0713 e. The van der Waals surface area contributed by atoms with Gasteiger partial charge in [0.15, 0.2) is 0 Å². The van der Waals surface area contributed by atoms with Gasteiger partial charge in [-0.05, 0) is 44.1 Å². The number of hydrogen-bond donors (Lipinski definition) is 1. The second-order valence-electron chi connectivity index (χ2n) is 5.09. The van der Waals surface area contributed by atoms with Crippen molar-refractivity contribution in [2.75, 3.05) is 27.2 Å². The van der Waals surface area contributed by atoms with E-state index in [1.165, 1.54) is 37.1 Å². The number of likely N-dealkylation sites (tertiary alicyclic amines) is 1. The highest BCUT2D eigenvalue weighted by Crippen LogP contribution is 2.14. The van der Waals surface area contributed by atoms with Gasteiger partial charge in [-0.25, -0.2) is 0 Å². The Balaban J connectivity index is 1.87. The van der Waals surface area contributed by atoms with Gasteiger partial charge in [-0.2, -0.15) is 0 Å². The summed E-state index contributed by atoms with van der Waals surface area (Å²) in [5, 5.41) is 3.37. The number of benzene rings is 1. The van der Waals surface area contributed by atoms with Crippen molar-refractivity contribution in [1.82, 2.24) is 10.2 Å². The fourth-order valence-electron chi connectivity index (χ4n) is 2.62. The molecule has 0 radical (unpaired) electrons. The zero-order valence-electron chi connectivity index (χ0n) is 11.5. The lowest BCUT2D eigenvalue weighted by molar-refractivity contribution is 0.183. The summed E-state index contributed by atoms with van der Waals surface area (Å²) in [7, 11) is 3.81. The minimum Gasteiger partial charge on any atom is -0.380 e. The molecule has 1 heterocycles. The topological polar surface area (TPSA) is 24.5 Å². The predicted molar refractivity (Wildman–Crippen MR) is 74.5 cm³/mol. The first-order valence-corrected chi connectivity index (χ1v) is 6.78. The molecule has 0 bridgehead atoms. The van der Waals surface area contributed by atoms with Crippen LogP contribution in [-0.4, -0.2) is 38.2 Å². The molecule has 0 spiro atoms. The van der Waals surface area contributed by atoms with Crippen LogP contribution in [0.15, 0.2) is 24.3 Å². The molecule has 1 saturated heterocycles. The Morgan fingerprint density at radius 1 is 1.28 bits per heavy atom. The first-order chi connectivity index (χ1) is 8.81. The maximum atomic E-state index is 5.18. The van der Waals surface area contributed by atoms with Crippen LogP contribution in [-0.2, 0) is 17.9 Å². The molecular formula is C15H24N2O. The average molecular weight is 248 g/mol. The predicted octanol–water partition coefficient (Wildman–Crippen LogP) is 2.02. The number of piperidine rings is 1. The normalized spacial score (nSPS) is 18.1. The molecule has 3 heteroatoms. The van der Waals surface area contributed by atoms with Gasteiger partial charge in [0, 0.05) is 19.7 Å². The van der Waals surface area contributed by atoms with Gasteiger partial charge in [0.05, 0.1) is 6.61 Å². The van der Waals surface area contributed by atoms with E-state index in [1.807, 2.05) is 0 Å². The Hall–Kier alpha value is -0.900. The van der Waals surface area contributed by atoms with Crippen molar-refractivity contribution in [3.05, 3.63) is 35.4 Å². The van der Waals surface area contributed by atoms with E-state index in [9.17, 15) is 0 Å². The number of rotatable bonds is 5. The zero-order valence-corrected chi connectivity index (χ0v) is 11.5. The van der Waals surface area contributed by atoms with Crippen molar-refractivity contribution >= 4 is 0 Å². The molecule has 0 aromatic heterocycles. The van der Waals surface area contributed by atoms with Crippen molar-refractivity contribution in [3.8, 4) is 0 Å². The van der Waals surface area contributed by atoms with Crippen LogP contribution in [0.3, 0.4) is 0 Å². The summed E-state index contributed by atoms with van der Waals surface area (Å²) in [5.41, 5.74) is 2.66. The van der Waals surface area contributed by atoms with Crippen LogP contribution in [0.25, 0.3) is 0 Å². The number of methoxy groups -OCH3 is 1. The van der Waals surface area contributed by atoms with Gasteiger partial charge < -0.3 is 10.1 Å². The van der Waals surface area contributed by atoms with Gasteiger partial charge in [0.2, 0.25) is 0 Å². The minimum absolute atomic E-state index is 0.704. The summed E-state index contributed by atoms with van der Waals surface area (Å²) < 4.78 is 5.18. The maximum Gasteiger partial charge on any atom is 0.0713 e. The molecule has 2 rings (SSSR count). The standard InChI is InChI=1S/C15H24N2O/c1-16-15-6-8-17(9-7-15)11-13-4-3-5-14(10-13)12-18-2/h3-5,10,15-16H,6-9,11-12H2,1-2H3. The molecule has 1 N–H and O–H groups in total. The van der Waals surface area contributed by atoms with E-state index in [2.05, 4.69) is 41.5 Å². The molecule has 18 heavy (non-hydrogen) atoms. The summed E-state index contributed by atoms with van der Waals surface area (Å²) >= 11 is 0. The summed E-state index contributed by atoms with van der Waals surface area (Å²) in [5.74, 6) is 0. The van der Waals surface area contributed by atoms with Crippen molar-refractivity contribution in [3.63, 3.8) is 0 Å². The summed E-state index contributed by atoms with van der Waals surface area (Å²) in [6.07, 6.45) is 2.52. The van der Waals surface area contributed by atoms with Crippen LogP contribution in [0.5, 0.6) is 0 Å². The quantitative estimate of drug-likeness (QED) is 0.863. The molecular weight excluding hydrogens is 224 g/mol. The van der Waals surface area contributed by atoms with Crippen LogP contribution in [0.2, 0.25) is 0 Å². The summed E-state index contributed by atoms with van der Waals surface area (Å²) in [6, 6.07) is 9.43. The minimum atomic E-state index is 0.704. The summed E-state index contributed by atoms with van der Waals surface area (Å²) in [4.78, 5) is 2.54. The van der Waals surface area contributed by atoms with E-state index >= 15 is 0 Å². The molecule has 0 aliphatic carbocycles. The Morgan fingerprint density at radius 2 is 2.00 bits per heavy atom. The molecule has 3 nitrogen and oxygen atoms in total. The third-order valence-corrected chi connectivity index (χ3v) is 3.70. The highest BCUT2D eigenvalue weighted by atomic mass is 16.5. The Kier molecular flexibility index (Phi) is 5.17. The molecule has 1 aromatic rings. The first-order valence-electron chi connectivity index (χ1n) is 6.78. The van der Waals surface area contributed by atoms with Gasteiger partial charge >= 0.3 is 0 Å². The molecule has 1 fully saturated rings. The zero-order chi connectivity index (χ0) is 12.8. The highest BCUT2D eigenvalue weighted by Gasteiger charge is 2.17. The summed E-state index contributed by atoms with van der Waals surface area (Å²) in [6.45, 7) is 4.16. The van der Waals surface area contributed by atoms with Gasteiger partial charge in [-0.3, -0.25) is 4.90 Å². The fourth-order valence-corrected chi connectivity index (χ4v) is 2.62. The van der Waals surface area contributed by atoms with Gasteiger partial charge in [-0.1, -0.05) is 24.3 Å². The molecule has 0 unspecified atom stereocenters. The van der Waals surface area contributed by atoms with Crippen molar-refractivity contribution in [1.29, 1.82) is 0 Å². The molecule has 1 aliphatic heterocycles. The largest absolute Gasteiger partial charge is 0.380 e. The highest BCUT2D eigenvalue weighted by molar-refractivity contribution is 5.23. The van der Waals surface area contributed by atoms with Crippen LogP contribution in [0.4, 0.5) is 0 Å². The third-order valence-electron chi connectivity index (χ3n) is 3.70. The Morgan fingerprint density at radius 3 is 2.67 bits per heavy atom. The monoisotopic (exact) mass is 248 g/mol. The van der Waals surface area contributed by atoms with Crippen LogP contribution < -0.4 is 5.32 Å². The number of hydrogen-bond acceptors (Lipinski definition) is 3. The Bertz CT molecular complexity index is 359. The fraction of sp³-hybridized carbons (Fsp3) is 0.600. The number of ether oxygens (including phenoxy) is 1. The van der Waals surface area contributed by atoms with Crippen LogP contribution in [0.1, 0.15) is 24.0 Å². The van der Waals surface area contributed by atoms with E-state index in [-0.39, 0.29) is 0 Å². The van der Waals surface area contributed by atoms with Gasteiger partial charge in [0.25, 0.3) is 0 Å². The van der Waals surface area contributed by atoms with E-state index in [4.69, 9.17) is 4.74 Å². The van der Waals surface area contributed by atoms with Crippen molar-refractivity contribution < 1.29 is 4.74 Å². The third kappa shape index (κ3) is 3.80. The maximum absolute atomic E-state index is 5.18. The number of nitrogens with zero attached hydrogens (tertiary/aromatic N) is 1. The second kappa shape index (κ2) is 6.88. The first kappa shape index (κ1) is 13.5. The molecule has 1 aromatic carbocycles. The van der Waals surface area contributed by atoms with E-state index < -0.39 is 0 Å².